The standard InChI is InChI=1S/C18H22ClN3O2/c1-12-14(10-20-22(12)16-8-4-3-7-15(16)19)18(24)21(2)11-13-6-5-9-17(13)23/h3-4,7-8,10,13,17,23H,5-6,9,11H2,1-2H3. The molecule has 5 nitrogen and oxygen atoms in total. The first kappa shape index (κ1) is 17.0. The highest BCUT2D eigenvalue weighted by atomic mass is 35.5. The normalized spacial score (nSPS) is 20.3. The average molecular weight is 348 g/mol. The molecular formula is C18H22ClN3O2. The Balaban J connectivity index is 1.80. The summed E-state index contributed by atoms with van der Waals surface area (Å²) in [5.41, 5.74) is 2.07. The highest BCUT2D eigenvalue weighted by molar-refractivity contribution is 6.32. The average Bonchev–Trinajstić information content (AvgIpc) is 3.13. The number of aliphatic hydroxyl groups is 1. The molecule has 1 heterocycles. The number of carbonyl (C=O) groups is 1. The molecule has 0 spiro atoms. The second kappa shape index (κ2) is 6.95. The number of para-hydroxylation sites is 1. The third-order valence-corrected chi connectivity index (χ3v) is 5.11. The predicted molar refractivity (Wildman–Crippen MR) is 93.6 cm³/mol. The lowest BCUT2D eigenvalue weighted by Gasteiger charge is -2.23. The van der Waals surface area contributed by atoms with Crippen molar-refractivity contribution < 1.29 is 9.90 Å². The van der Waals surface area contributed by atoms with Gasteiger partial charge in [0.25, 0.3) is 5.91 Å². The molecule has 128 valence electrons. The van der Waals surface area contributed by atoms with Gasteiger partial charge in [0.1, 0.15) is 0 Å². The van der Waals surface area contributed by atoms with E-state index in [1.54, 1.807) is 28.9 Å². The zero-order chi connectivity index (χ0) is 17.3. The summed E-state index contributed by atoms with van der Waals surface area (Å²) in [4.78, 5) is 14.4. The Morgan fingerprint density at radius 2 is 2.17 bits per heavy atom. The number of aromatic nitrogens is 2. The number of aliphatic hydroxyl groups excluding tert-OH is 1. The van der Waals surface area contributed by atoms with Crippen LogP contribution in [0.3, 0.4) is 0 Å². The van der Waals surface area contributed by atoms with E-state index in [-0.39, 0.29) is 17.9 Å². The summed E-state index contributed by atoms with van der Waals surface area (Å²) >= 11 is 6.23. The smallest absolute Gasteiger partial charge is 0.257 e. The van der Waals surface area contributed by atoms with Crippen LogP contribution in [0.4, 0.5) is 0 Å². The molecule has 1 fully saturated rings. The summed E-state index contributed by atoms with van der Waals surface area (Å²) < 4.78 is 1.69. The molecule has 0 saturated heterocycles. The van der Waals surface area contributed by atoms with Crippen LogP contribution >= 0.6 is 11.6 Å². The van der Waals surface area contributed by atoms with E-state index in [0.29, 0.717) is 17.1 Å². The van der Waals surface area contributed by atoms with Gasteiger partial charge in [-0.25, -0.2) is 4.68 Å². The van der Waals surface area contributed by atoms with E-state index >= 15 is 0 Å². The zero-order valence-corrected chi connectivity index (χ0v) is 14.7. The van der Waals surface area contributed by atoms with Crippen molar-refractivity contribution in [1.82, 2.24) is 14.7 Å². The molecule has 0 aliphatic heterocycles. The van der Waals surface area contributed by atoms with Crippen LogP contribution in [0.15, 0.2) is 30.5 Å². The van der Waals surface area contributed by atoms with Gasteiger partial charge in [0.05, 0.1) is 34.3 Å². The molecule has 1 N–H and O–H groups in total. The lowest BCUT2D eigenvalue weighted by molar-refractivity contribution is 0.0693. The molecule has 1 aliphatic rings. The van der Waals surface area contributed by atoms with Crippen molar-refractivity contribution in [3.05, 3.63) is 46.7 Å². The summed E-state index contributed by atoms with van der Waals surface area (Å²) in [5.74, 6) is 0.0859. The molecule has 1 aromatic carbocycles. The number of amides is 1. The highest BCUT2D eigenvalue weighted by Gasteiger charge is 2.28. The summed E-state index contributed by atoms with van der Waals surface area (Å²) in [6, 6.07) is 7.41. The Morgan fingerprint density at radius 3 is 2.83 bits per heavy atom. The summed E-state index contributed by atoms with van der Waals surface area (Å²) in [5, 5.41) is 14.9. The monoisotopic (exact) mass is 347 g/mol. The first-order valence-corrected chi connectivity index (χ1v) is 8.60. The minimum Gasteiger partial charge on any atom is -0.393 e. The van der Waals surface area contributed by atoms with Crippen LogP contribution in [0.1, 0.15) is 35.3 Å². The van der Waals surface area contributed by atoms with E-state index in [1.807, 2.05) is 25.1 Å². The third kappa shape index (κ3) is 3.19. The lowest BCUT2D eigenvalue weighted by atomic mass is 10.1. The number of rotatable bonds is 4. The molecule has 2 aromatic rings. The van der Waals surface area contributed by atoms with E-state index in [0.717, 1.165) is 30.6 Å². The lowest BCUT2D eigenvalue weighted by Crippen LogP contribution is -2.34. The molecule has 2 atom stereocenters. The van der Waals surface area contributed by atoms with Gasteiger partial charge in [-0.1, -0.05) is 30.2 Å². The molecule has 1 aromatic heterocycles. The van der Waals surface area contributed by atoms with Gasteiger partial charge in [0.2, 0.25) is 0 Å². The van der Waals surface area contributed by atoms with Crippen molar-refractivity contribution in [3.8, 4) is 5.69 Å². The molecule has 6 heteroatoms. The molecule has 24 heavy (non-hydrogen) atoms. The van der Waals surface area contributed by atoms with E-state index in [9.17, 15) is 9.90 Å². The largest absolute Gasteiger partial charge is 0.393 e. The Morgan fingerprint density at radius 1 is 1.42 bits per heavy atom. The van der Waals surface area contributed by atoms with Gasteiger partial charge < -0.3 is 10.0 Å². The van der Waals surface area contributed by atoms with Crippen LogP contribution in [0.25, 0.3) is 5.69 Å². The van der Waals surface area contributed by atoms with Crippen molar-refractivity contribution in [1.29, 1.82) is 0 Å². The van der Waals surface area contributed by atoms with Crippen molar-refractivity contribution >= 4 is 17.5 Å². The van der Waals surface area contributed by atoms with E-state index in [2.05, 4.69) is 5.10 Å². The number of carbonyl (C=O) groups excluding carboxylic acids is 1. The Bertz CT molecular complexity index is 744. The van der Waals surface area contributed by atoms with Gasteiger partial charge in [0.15, 0.2) is 0 Å². The maximum Gasteiger partial charge on any atom is 0.257 e. The van der Waals surface area contributed by atoms with Gasteiger partial charge in [0, 0.05) is 19.5 Å². The van der Waals surface area contributed by atoms with E-state index in [1.165, 1.54) is 0 Å². The predicted octanol–water partition coefficient (Wildman–Crippen LogP) is 3.07. The minimum atomic E-state index is -0.299. The van der Waals surface area contributed by atoms with Crippen LogP contribution in [0, 0.1) is 12.8 Å². The van der Waals surface area contributed by atoms with E-state index in [4.69, 9.17) is 11.6 Å². The molecule has 3 rings (SSSR count). The van der Waals surface area contributed by atoms with Crippen LogP contribution in [-0.4, -0.2) is 45.4 Å². The van der Waals surface area contributed by atoms with Crippen LogP contribution in [0.2, 0.25) is 5.02 Å². The molecule has 1 saturated carbocycles. The molecule has 0 bridgehead atoms. The van der Waals surface area contributed by atoms with Crippen LogP contribution in [-0.2, 0) is 0 Å². The first-order chi connectivity index (χ1) is 11.5. The van der Waals surface area contributed by atoms with Gasteiger partial charge in [-0.05, 0) is 31.9 Å². The Hall–Kier alpha value is -1.85. The number of halogens is 1. The maximum atomic E-state index is 12.7. The summed E-state index contributed by atoms with van der Waals surface area (Å²) in [6.07, 6.45) is 4.11. The van der Waals surface area contributed by atoms with Crippen molar-refractivity contribution in [2.45, 2.75) is 32.3 Å². The summed E-state index contributed by atoms with van der Waals surface area (Å²) in [6.45, 7) is 2.43. The molecule has 1 aliphatic carbocycles. The zero-order valence-electron chi connectivity index (χ0n) is 13.9. The Kier molecular flexibility index (Phi) is 4.92. The fourth-order valence-corrected chi connectivity index (χ4v) is 3.57. The SMILES string of the molecule is Cc1c(C(=O)N(C)CC2CCCC2O)cnn1-c1ccccc1Cl. The number of hydrogen-bond donors (Lipinski definition) is 1. The second-order valence-electron chi connectivity index (χ2n) is 6.45. The van der Waals surface area contributed by atoms with Gasteiger partial charge >= 0.3 is 0 Å². The number of hydrogen-bond acceptors (Lipinski definition) is 3. The van der Waals surface area contributed by atoms with E-state index < -0.39 is 0 Å². The van der Waals surface area contributed by atoms with Crippen molar-refractivity contribution in [2.75, 3.05) is 13.6 Å². The fourth-order valence-electron chi connectivity index (χ4n) is 3.36. The van der Waals surface area contributed by atoms with Crippen molar-refractivity contribution in [3.63, 3.8) is 0 Å². The second-order valence-corrected chi connectivity index (χ2v) is 6.86. The molecular weight excluding hydrogens is 326 g/mol. The number of nitrogens with zero attached hydrogens (tertiary/aromatic N) is 3. The Labute approximate surface area is 146 Å². The molecule has 1 amide bonds. The fraction of sp³-hybridized carbons (Fsp3) is 0.444. The molecule has 0 radical (unpaired) electrons. The highest BCUT2D eigenvalue weighted by Crippen LogP contribution is 2.27. The quantitative estimate of drug-likeness (QED) is 0.924. The van der Waals surface area contributed by atoms with Crippen LogP contribution < -0.4 is 0 Å². The van der Waals surface area contributed by atoms with Gasteiger partial charge in [-0.15, -0.1) is 0 Å². The third-order valence-electron chi connectivity index (χ3n) is 4.79. The maximum absolute atomic E-state index is 12.7. The topological polar surface area (TPSA) is 58.4 Å². The molecule has 2 unspecified atom stereocenters. The van der Waals surface area contributed by atoms with Crippen LogP contribution in [0.5, 0.6) is 0 Å². The van der Waals surface area contributed by atoms with Gasteiger partial charge in [-0.3, -0.25) is 4.79 Å². The summed E-state index contributed by atoms with van der Waals surface area (Å²) in [7, 11) is 1.78. The number of benzene rings is 1. The van der Waals surface area contributed by atoms with Gasteiger partial charge in [-0.2, -0.15) is 5.10 Å². The first-order valence-electron chi connectivity index (χ1n) is 8.22. The van der Waals surface area contributed by atoms with Crippen molar-refractivity contribution in [2.24, 2.45) is 5.92 Å². The minimum absolute atomic E-state index is 0.0788.